The maximum Gasteiger partial charge on any atom is 0.144 e. The van der Waals surface area contributed by atoms with Gasteiger partial charge in [-0.2, -0.15) is 0 Å². The Hall–Kier alpha value is -1.88. The first-order valence-corrected chi connectivity index (χ1v) is 6.00. The molecule has 0 unspecified atom stereocenters. The second-order valence-electron chi connectivity index (χ2n) is 4.97. The van der Waals surface area contributed by atoms with Gasteiger partial charge in [0.15, 0.2) is 0 Å². The first kappa shape index (κ1) is 12.6. The van der Waals surface area contributed by atoms with Crippen molar-refractivity contribution in [2.75, 3.05) is 12.3 Å². The maximum absolute atomic E-state index is 5.61. The van der Waals surface area contributed by atoms with Gasteiger partial charge in [-0.05, 0) is 18.2 Å². The number of rotatable bonds is 5. The molecule has 0 aromatic carbocycles. The number of aromatic amines is 1. The molecule has 0 atom stereocenters. The molecule has 5 nitrogen and oxygen atoms in total. The highest BCUT2D eigenvalue weighted by Gasteiger charge is 2.20. The summed E-state index contributed by atoms with van der Waals surface area (Å²) in [6.45, 7) is 5.83. The lowest BCUT2D eigenvalue weighted by molar-refractivity contribution is 0.455. The van der Waals surface area contributed by atoms with Gasteiger partial charge in [0.1, 0.15) is 11.6 Å². The highest BCUT2D eigenvalue weighted by atomic mass is 15.0. The van der Waals surface area contributed by atoms with Crippen LogP contribution in [-0.4, -0.2) is 21.5 Å². The highest BCUT2D eigenvalue weighted by molar-refractivity contribution is 5.25. The van der Waals surface area contributed by atoms with Gasteiger partial charge >= 0.3 is 0 Å². The summed E-state index contributed by atoms with van der Waals surface area (Å²) in [6, 6.07) is 5.79. The van der Waals surface area contributed by atoms with E-state index in [4.69, 9.17) is 5.73 Å². The summed E-state index contributed by atoms with van der Waals surface area (Å²) in [6.07, 6.45) is 3.62. The summed E-state index contributed by atoms with van der Waals surface area (Å²) in [5, 5.41) is 3.36. The van der Waals surface area contributed by atoms with Crippen molar-refractivity contribution in [3.8, 4) is 0 Å². The van der Waals surface area contributed by atoms with E-state index in [1.807, 2.05) is 12.3 Å². The minimum atomic E-state index is 0.0455. The maximum atomic E-state index is 5.61. The quantitative estimate of drug-likeness (QED) is 0.745. The molecule has 5 heteroatoms. The van der Waals surface area contributed by atoms with E-state index in [1.165, 1.54) is 5.69 Å². The van der Waals surface area contributed by atoms with Gasteiger partial charge in [-0.3, -0.25) is 0 Å². The summed E-state index contributed by atoms with van der Waals surface area (Å²) in [4.78, 5) is 11.6. The largest absolute Gasteiger partial charge is 0.384 e. The number of nitrogens with one attached hydrogen (secondary N) is 2. The predicted octanol–water partition coefficient (Wildman–Crippen LogP) is 1.45. The lowest BCUT2D eigenvalue weighted by Gasteiger charge is -2.23. The van der Waals surface area contributed by atoms with Crippen molar-refractivity contribution in [1.82, 2.24) is 20.3 Å². The van der Waals surface area contributed by atoms with E-state index in [1.54, 1.807) is 12.3 Å². The van der Waals surface area contributed by atoms with Gasteiger partial charge in [0.05, 0.1) is 6.54 Å². The van der Waals surface area contributed by atoms with Crippen molar-refractivity contribution in [2.24, 2.45) is 0 Å². The molecule has 0 aliphatic heterocycles. The normalized spacial score (nSPS) is 11.7. The molecule has 0 aliphatic rings. The Morgan fingerprint density at radius 2 is 2.22 bits per heavy atom. The van der Waals surface area contributed by atoms with Crippen molar-refractivity contribution in [3.63, 3.8) is 0 Å². The Balaban J connectivity index is 1.89. The minimum absolute atomic E-state index is 0.0455. The molecule has 0 spiro atoms. The lowest BCUT2D eigenvalue weighted by atomic mass is 9.89. The zero-order valence-electron chi connectivity index (χ0n) is 10.8. The van der Waals surface area contributed by atoms with Crippen LogP contribution < -0.4 is 11.1 Å². The van der Waals surface area contributed by atoms with Gasteiger partial charge in [0.2, 0.25) is 0 Å². The summed E-state index contributed by atoms with van der Waals surface area (Å²) >= 11 is 0. The Morgan fingerprint density at radius 1 is 1.39 bits per heavy atom. The Kier molecular flexibility index (Phi) is 3.62. The first-order chi connectivity index (χ1) is 8.58. The average Bonchev–Trinajstić information content (AvgIpc) is 2.83. The Morgan fingerprint density at radius 3 is 2.89 bits per heavy atom. The molecule has 0 fully saturated rings. The van der Waals surface area contributed by atoms with E-state index < -0.39 is 0 Å². The third-order valence-electron chi connectivity index (χ3n) is 2.90. The van der Waals surface area contributed by atoms with Crippen molar-refractivity contribution >= 4 is 5.82 Å². The standard InChI is InChI=1S/C13H19N5/c1-13(2,10-4-3-6-16-10)9-15-8-12-17-7-5-11(14)18-12/h3-7,15-16H,8-9H2,1-2H3,(H2,14,17,18). The van der Waals surface area contributed by atoms with Crippen molar-refractivity contribution in [3.05, 3.63) is 42.1 Å². The summed E-state index contributed by atoms with van der Waals surface area (Å²) in [5.74, 6) is 1.22. The molecule has 0 amide bonds. The van der Waals surface area contributed by atoms with Gasteiger partial charge < -0.3 is 16.0 Å². The van der Waals surface area contributed by atoms with Crippen molar-refractivity contribution < 1.29 is 0 Å². The number of nitrogen functional groups attached to an aromatic ring is 1. The number of hydrogen-bond acceptors (Lipinski definition) is 4. The van der Waals surface area contributed by atoms with Crippen LogP contribution in [0.4, 0.5) is 5.82 Å². The molecule has 2 heterocycles. The number of anilines is 1. The summed E-state index contributed by atoms with van der Waals surface area (Å²) in [5.41, 5.74) is 6.87. The minimum Gasteiger partial charge on any atom is -0.384 e. The van der Waals surface area contributed by atoms with Crippen LogP contribution >= 0.6 is 0 Å². The number of hydrogen-bond donors (Lipinski definition) is 3. The third kappa shape index (κ3) is 3.07. The van der Waals surface area contributed by atoms with Gasteiger partial charge in [0.25, 0.3) is 0 Å². The number of nitrogens with zero attached hydrogens (tertiary/aromatic N) is 2. The fourth-order valence-corrected chi connectivity index (χ4v) is 1.83. The SMILES string of the molecule is CC(C)(CNCc1nccc(N)n1)c1ccc[nH]1. The van der Waals surface area contributed by atoms with E-state index in [0.29, 0.717) is 12.4 Å². The first-order valence-electron chi connectivity index (χ1n) is 6.00. The molecule has 0 aliphatic carbocycles. The van der Waals surface area contributed by atoms with E-state index >= 15 is 0 Å². The highest BCUT2D eigenvalue weighted by Crippen LogP contribution is 2.19. The van der Waals surface area contributed by atoms with Crippen LogP contribution in [0.1, 0.15) is 25.4 Å². The van der Waals surface area contributed by atoms with E-state index in [9.17, 15) is 0 Å². The van der Waals surface area contributed by atoms with Crippen LogP contribution in [0.3, 0.4) is 0 Å². The molecule has 0 saturated heterocycles. The Labute approximate surface area is 107 Å². The Bertz CT molecular complexity index is 490. The molecule has 2 aromatic rings. The van der Waals surface area contributed by atoms with Crippen LogP contribution in [0.2, 0.25) is 0 Å². The van der Waals surface area contributed by atoms with Gasteiger partial charge in [0, 0.05) is 30.0 Å². The molecular weight excluding hydrogens is 226 g/mol. The van der Waals surface area contributed by atoms with Crippen LogP contribution in [0.25, 0.3) is 0 Å². The number of aromatic nitrogens is 3. The second kappa shape index (κ2) is 5.18. The third-order valence-corrected chi connectivity index (χ3v) is 2.90. The summed E-state index contributed by atoms with van der Waals surface area (Å²) in [7, 11) is 0. The molecule has 2 rings (SSSR count). The monoisotopic (exact) mass is 245 g/mol. The van der Waals surface area contributed by atoms with Crippen LogP contribution in [-0.2, 0) is 12.0 Å². The second-order valence-corrected chi connectivity index (χ2v) is 4.97. The molecular formula is C13H19N5. The fourth-order valence-electron chi connectivity index (χ4n) is 1.83. The predicted molar refractivity (Wildman–Crippen MR) is 72.0 cm³/mol. The molecule has 96 valence electrons. The molecule has 18 heavy (non-hydrogen) atoms. The van der Waals surface area contributed by atoms with Crippen molar-refractivity contribution in [2.45, 2.75) is 25.8 Å². The van der Waals surface area contributed by atoms with Crippen LogP contribution in [0.15, 0.2) is 30.6 Å². The van der Waals surface area contributed by atoms with Gasteiger partial charge in [-0.15, -0.1) is 0 Å². The zero-order valence-corrected chi connectivity index (χ0v) is 10.8. The smallest absolute Gasteiger partial charge is 0.144 e. The van der Waals surface area contributed by atoms with Crippen LogP contribution in [0, 0.1) is 0 Å². The topological polar surface area (TPSA) is 79.6 Å². The molecule has 4 N–H and O–H groups in total. The average molecular weight is 245 g/mol. The molecule has 0 bridgehead atoms. The molecule has 0 saturated carbocycles. The number of H-pyrrole nitrogens is 1. The van der Waals surface area contributed by atoms with Gasteiger partial charge in [-0.25, -0.2) is 9.97 Å². The molecule has 2 aromatic heterocycles. The van der Waals surface area contributed by atoms with E-state index in [2.05, 4.69) is 40.2 Å². The van der Waals surface area contributed by atoms with Crippen molar-refractivity contribution in [1.29, 1.82) is 0 Å². The molecule has 0 radical (unpaired) electrons. The van der Waals surface area contributed by atoms with E-state index in [0.717, 1.165) is 12.4 Å². The zero-order chi connectivity index (χ0) is 13.0. The van der Waals surface area contributed by atoms with Crippen LogP contribution in [0.5, 0.6) is 0 Å². The lowest BCUT2D eigenvalue weighted by Crippen LogP contribution is -2.33. The summed E-state index contributed by atoms with van der Waals surface area (Å²) < 4.78 is 0. The fraction of sp³-hybridized carbons (Fsp3) is 0.385. The van der Waals surface area contributed by atoms with Gasteiger partial charge in [-0.1, -0.05) is 13.8 Å². The van der Waals surface area contributed by atoms with E-state index in [-0.39, 0.29) is 5.41 Å². The number of nitrogens with two attached hydrogens (primary N) is 1.